The summed E-state index contributed by atoms with van der Waals surface area (Å²) in [6.45, 7) is 18.9. The van der Waals surface area contributed by atoms with Crippen LogP contribution in [0.15, 0.2) is 37.0 Å². The molecule has 0 aromatic heterocycles. The summed E-state index contributed by atoms with van der Waals surface area (Å²) in [5.41, 5.74) is -0.240. The number of amides is 4. The lowest BCUT2D eigenvalue weighted by Gasteiger charge is -2.39. The van der Waals surface area contributed by atoms with Crippen molar-refractivity contribution in [2.24, 2.45) is 11.8 Å². The van der Waals surface area contributed by atoms with E-state index in [1.807, 2.05) is 20.8 Å². The molecule has 298 valence electrons. The van der Waals surface area contributed by atoms with Gasteiger partial charge in [-0.05, 0) is 51.6 Å². The third-order valence-electron chi connectivity index (χ3n) is 9.77. The number of likely N-dealkylation sites (N-methyl/N-ethyl adjacent to an activating group) is 2. The smallest absolute Gasteiger partial charge is 0.326 e. The molecule has 0 bridgehead atoms. The van der Waals surface area contributed by atoms with Crippen molar-refractivity contribution in [2.75, 3.05) is 48.0 Å². The molecule has 4 amide bonds. The second-order valence-electron chi connectivity index (χ2n) is 13.7. The fourth-order valence-corrected chi connectivity index (χ4v) is 6.05. The highest BCUT2D eigenvalue weighted by Gasteiger charge is 2.42. The van der Waals surface area contributed by atoms with Gasteiger partial charge in [-0.25, -0.2) is 4.79 Å². The van der Waals surface area contributed by atoms with E-state index in [-0.39, 0.29) is 43.0 Å². The number of aliphatic carboxylic acids is 1. The molecule has 7 unspecified atom stereocenters. The number of rotatable bonds is 22. The van der Waals surface area contributed by atoms with Crippen LogP contribution in [0.4, 0.5) is 0 Å². The van der Waals surface area contributed by atoms with Gasteiger partial charge in [-0.2, -0.15) is 0 Å². The zero-order valence-corrected chi connectivity index (χ0v) is 33.2. The molecule has 0 aromatic carbocycles. The number of nitrogens with zero attached hydrogens (tertiary/aromatic N) is 2. The van der Waals surface area contributed by atoms with Gasteiger partial charge in [0.05, 0.1) is 48.7 Å². The van der Waals surface area contributed by atoms with Crippen molar-refractivity contribution in [3.8, 4) is 0 Å². The standard InChI is InChI=1S/C35H59N5O8.C3H8O/c1-12-16-24(14-3)19-25(33(44)45)38-32(43)23(5)31(48-11)26-17-15-18-40(26)28(41)20-27(47-10)30(22(4)13-2)39(9)29(42)21-37-34(46)35(6,7)36-8;1-2-3-4/h12,14,16,22-23,25-27,30-31,36H,1,3,13,15,17-21H2,2,4-11H3,(H,37,46)(H,38,43)(H,44,45);4H,2-3H2,1H3/b24-16+;. The summed E-state index contributed by atoms with van der Waals surface area (Å²) in [5, 5.41) is 25.9. The van der Waals surface area contributed by atoms with Crippen LogP contribution in [0.3, 0.4) is 0 Å². The Bertz CT molecular complexity index is 1210. The van der Waals surface area contributed by atoms with Crippen molar-refractivity contribution in [3.63, 3.8) is 0 Å². The van der Waals surface area contributed by atoms with Crippen LogP contribution in [-0.4, -0.2) is 133 Å². The fourth-order valence-electron chi connectivity index (χ4n) is 6.05. The molecule has 52 heavy (non-hydrogen) atoms. The molecule has 7 atom stereocenters. The highest BCUT2D eigenvalue weighted by Crippen LogP contribution is 2.29. The largest absolute Gasteiger partial charge is 0.480 e. The number of ether oxygens (including phenoxy) is 2. The SMILES string of the molecule is C=C/C=C(\C=C)CC(NC(=O)C(C)C(OC)C1CCCN1C(=O)CC(OC)C(C(C)CC)N(C)C(=O)CNC(=O)C(C)(C)NC)C(=O)O.CCCO. The molecule has 1 rings (SSSR count). The molecule has 0 radical (unpaired) electrons. The average molecular weight is 738 g/mol. The lowest BCUT2D eigenvalue weighted by molar-refractivity contribution is -0.147. The first-order chi connectivity index (χ1) is 24.5. The number of likely N-dealkylation sites (tertiary alicyclic amines) is 1. The van der Waals surface area contributed by atoms with Crippen LogP contribution in [0, 0.1) is 11.8 Å². The second kappa shape index (κ2) is 24.6. The third kappa shape index (κ3) is 14.8. The van der Waals surface area contributed by atoms with Crippen molar-refractivity contribution in [2.45, 2.75) is 116 Å². The predicted molar refractivity (Wildman–Crippen MR) is 202 cm³/mol. The minimum atomic E-state index is -1.19. The van der Waals surface area contributed by atoms with E-state index >= 15 is 0 Å². The topological polar surface area (TPSA) is 187 Å². The number of carboxylic acids is 1. The zero-order valence-electron chi connectivity index (χ0n) is 33.2. The van der Waals surface area contributed by atoms with Crippen LogP contribution in [0.1, 0.15) is 80.1 Å². The fraction of sp³-hybridized carbons (Fsp3) is 0.711. The van der Waals surface area contributed by atoms with Crippen molar-refractivity contribution in [1.82, 2.24) is 25.8 Å². The Kier molecular flexibility index (Phi) is 22.9. The van der Waals surface area contributed by atoms with Gasteiger partial charge < -0.3 is 45.4 Å². The summed E-state index contributed by atoms with van der Waals surface area (Å²) in [7, 11) is 6.30. The van der Waals surface area contributed by atoms with Gasteiger partial charge in [0.25, 0.3) is 0 Å². The van der Waals surface area contributed by atoms with Crippen molar-refractivity contribution in [1.29, 1.82) is 0 Å². The van der Waals surface area contributed by atoms with Crippen LogP contribution in [0.5, 0.6) is 0 Å². The molecule has 5 N–H and O–H groups in total. The van der Waals surface area contributed by atoms with Gasteiger partial charge in [-0.15, -0.1) is 0 Å². The highest BCUT2D eigenvalue weighted by atomic mass is 16.5. The Morgan fingerprint density at radius 1 is 1.08 bits per heavy atom. The van der Waals surface area contributed by atoms with E-state index in [1.54, 1.807) is 50.7 Å². The number of allylic oxidation sites excluding steroid dienone is 3. The molecule has 1 fully saturated rings. The van der Waals surface area contributed by atoms with E-state index in [0.717, 1.165) is 12.8 Å². The van der Waals surface area contributed by atoms with Crippen LogP contribution < -0.4 is 16.0 Å². The first kappa shape index (κ1) is 48.4. The highest BCUT2D eigenvalue weighted by molar-refractivity contribution is 5.90. The normalized spacial score (nSPS) is 18.0. The van der Waals surface area contributed by atoms with E-state index in [4.69, 9.17) is 14.6 Å². The van der Waals surface area contributed by atoms with Gasteiger partial charge in [0.15, 0.2) is 0 Å². The molecule has 0 saturated carbocycles. The minimum absolute atomic E-state index is 0.0170. The Morgan fingerprint density at radius 3 is 2.15 bits per heavy atom. The Morgan fingerprint density at radius 2 is 1.69 bits per heavy atom. The third-order valence-corrected chi connectivity index (χ3v) is 9.77. The molecule has 0 aromatic rings. The number of methoxy groups -OCH3 is 2. The molecule has 1 heterocycles. The number of hydrogen-bond acceptors (Lipinski definition) is 9. The molecule has 14 nitrogen and oxygen atoms in total. The summed E-state index contributed by atoms with van der Waals surface area (Å²) in [6.07, 6.45) is 6.23. The molecule has 0 aliphatic carbocycles. The summed E-state index contributed by atoms with van der Waals surface area (Å²) in [5.74, 6) is -3.33. The van der Waals surface area contributed by atoms with E-state index in [2.05, 4.69) is 29.1 Å². The summed E-state index contributed by atoms with van der Waals surface area (Å²) in [6, 6.07) is -2.08. The number of carbonyl (C=O) groups excluding carboxylic acids is 4. The maximum absolute atomic E-state index is 13.9. The maximum atomic E-state index is 13.9. The quantitative estimate of drug-likeness (QED) is 0.104. The van der Waals surface area contributed by atoms with E-state index < -0.39 is 53.7 Å². The van der Waals surface area contributed by atoms with Crippen molar-refractivity contribution < 1.29 is 43.7 Å². The molecular formula is C38H67N5O9. The molecule has 0 spiro atoms. The second-order valence-corrected chi connectivity index (χ2v) is 13.7. The first-order valence-electron chi connectivity index (χ1n) is 18.1. The summed E-state index contributed by atoms with van der Waals surface area (Å²) in [4.78, 5) is 68.3. The number of nitrogens with one attached hydrogen (secondary N) is 3. The van der Waals surface area contributed by atoms with E-state index in [9.17, 15) is 29.1 Å². The monoisotopic (exact) mass is 737 g/mol. The number of aliphatic hydroxyl groups is 1. The molecule has 14 heteroatoms. The Labute approximate surface area is 311 Å². The van der Waals surface area contributed by atoms with Crippen LogP contribution >= 0.6 is 0 Å². The lowest BCUT2D eigenvalue weighted by Crippen LogP contribution is -2.56. The number of hydrogen-bond donors (Lipinski definition) is 5. The molecule has 1 saturated heterocycles. The van der Waals surface area contributed by atoms with Gasteiger partial charge in [-0.3, -0.25) is 19.2 Å². The van der Waals surface area contributed by atoms with Crippen molar-refractivity contribution in [3.05, 3.63) is 37.0 Å². The van der Waals surface area contributed by atoms with E-state index in [1.165, 1.54) is 26.4 Å². The van der Waals surface area contributed by atoms with Crippen LogP contribution in [0.25, 0.3) is 0 Å². The first-order valence-corrected chi connectivity index (χ1v) is 18.1. The Hall–Kier alpha value is -3.59. The number of carboxylic acid groups (broad SMARTS) is 1. The molecule has 1 aliphatic heterocycles. The Balaban J connectivity index is 0.00000615. The minimum Gasteiger partial charge on any atom is -0.480 e. The predicted octanol–water partition coefficient (Wildman–Crippen LogP) is 2.67. The lowest BCUT2D eigenvalue weighted by atomic mass is 9.90. The number of aliphatic hydroxyl groups excluding tert-OH is 1. The summed E-state index contributed by atoms with van der Waals surface area (Å²) >= 11 is 0. The zero-order chi connectivity index (χ0) is 40.2. The van der Waals surface area contributed by atoms with Gasteiger partial charge >= 0.3 is 5.97 Å². The van der Waals surface area contributed by atoms with Crippen molar-refractivity contribution >= 4 is 29.6 Å². The average Bonchev–Trinajstić information content (AvgIpc) is 3.62. The van der Waals surface area contributed by atoms with Crippen LogP contribution in [-0.2, 0) is 33.4 Å². The molecular weight excluding hydrogens is 670 g/mol. The van der Waals surface area contributed by atoms with E-state index in [0.29, 0.717) is 31.6 Å². The van der Waals surface area contributed by atoms with Crippen LogP contribution in [0.2, 0.25) is 0 Å². The van der Waals surface area contributed by atoms with Gasteiger partial charge in [0.1, 0.15) is 6.04 Å². The number of carbonyl (C=O) groups is 5. The summed E-state index contributed by atoms with van der Waals surface area (Å²) < 4.78 is 11.7. The van der Waals surface area contributed by atoms with Gasteiger partial charge in [0.2, 0.25) is 23.6 Å². The van der Waals surface area contributed by atoms with Gasteiger partial charge in [0, 0.05) is 40.8 Å². The van der Waals surface area contributed by atoms with Gasteiger partial charge in [-0.1, -0.05) is 65.5 Å². The maximum Gasteiger partial charge on any atom is 0.326 e. The molecule has 1 aliphatic rings.